The molecule has 1 saturated carbocycles. The molecular formula is C10H12N4. The van der Waals surface area contributed by atoms with Crippen LogP contribution in [0.1, 0.15) is 24.5 Å². The summed E-state index contributed by atoms with van der Waals surface area (Å²) in [5.41, 5.74) is 0. The Labute approximate surface area is 82.7 Å². The number of nitrogens with one attached hydrogen (secondary N) is 1. The van der Waals surface area contributed by atoms with Gasteiger partial charge in [-0.2, -0.15) is 0 Å². The topological polar surface area (TPSA) is 42.7 Å². The number of hydrogen-bond donors (Lipinski definition) is 1. The van der Waals surface area contributed by atoms with E-state index in [1.807, 2.05) is 4.68 Å². The van der Waals surface area contributed by atoms with Gasteiger partial charge in [-0.05, 0) is 18.8 Å². The fourth-order valence-corrected chi connectivity index (χ4v) is 1.52. The molecule has 2 aliphatic rings. The molecule has 0 aromatic carbocycles. The monoisotopic (exact) mass is 188 g/mol. The van der Waals surface area contributed by atoms with E-state index >= 15 is 0 Å². The minimum atomic E-state index is 0.619. The Morgan fingerprint density at radius 1 is 1.43 bits per heavy atom. The molecule has 2 heterocycles. The van der Waals surface area contributed by atoms with Gasteiger partial charge in [0.25, 0.3) is 0 Å². The lowest BCUT2D eigenvalue weighted by atomic mass is 10.4. The Bertz CT molecular complexity index is 382. The highest BCUT2D eigenvalue weighted by Crippen LogP contribution is 2.27. The first-order valence-electron chi connectivity index (χ1n) is 5.08. The van der Waals surface area contributed by atoms with Crippen LogP contribution in [0.3, 0.4) is 0 Å². The summed E-state index contributed by atoms with van der Waals surface area (Å²) in [6.07, 6.45) is 2.50. The summed E-state index contributed by atoms with van der Waals surface area (Å²) in [7, 11) is 0. The quantitative estimate of drug-likeness (QED) is 0.589. The molecule has 0 spiro atoms. The SMILES string of the molecule is C(#CC1CC1)c1nc2n(n1)CCNC2. The zero-order valence-corrected chi connectivity index (χ0v) is 7.95. The van der Waals surface area contributed by atoms with Gasteiger partial charge in [0.1, 0.15) is 5.82 Å². The van der Waals surface area contributed by atoms with Crippen molar-refractivity contribution in [3.05, 3.63) is 11.6 Å². The van der Waals surface area contributed by atoms with Crippen molar-refractivity contribution in [1.29, 1.82) is 0 Å². The molecule has 1 aromatic heterocycles. The largest absolute Gasteiger partial charge is 0.308 e. The summed E-state index contributed by atoms with van der Waals surface area (Å²) in [5.74, 6) is 8.54. The van der Waals surface area contributed by atoms with E-state index in [9.17, 15) is 0 Å². The summed E-state index contributed by atoms with van der Waals surface area (Å²) in [6, 6.07) is 0. The maximum Gasteiger partial charge on any atom is 0.225 e. The molecule has 0 atom stereocenters. The molecule has 0 saturated heterocycles. The third-order valence-electron chi connectivity index (χ3n) is 2.50. The predicted molar refractivity (Wildman–Crippen MR) is 51.3 cm³/mol. The van der Waals surface area contributed by atoms with Crippen LogP contribution in [-0.2, 0) is 13.1 Å². The van der Waals surface area contributed by atoms with Crippen LogP contribution in [0.25, 0.3) is 0 Å². The molecule has 14 heavy (non-hydrogen) atoms. The average Bonchev–Trinajstić information content (AvgIpc) is 2.94. The second-order valence-corrected chi connectivity index (χ2v) is 3.80. The standard InChI is InChI=1S/C10H12N4/c1-2-8(1)3-4-9-12-10-7-11-5-6-14(10)13-9/h8,11H,1-2,5-7H2. The Hall–Kier alpha value is -1.34. The highest BCUT2D eigenvalue weighted by atomic mass is 15.4. The van der Waals surface area contributed by atoms with Gasteiger partial charge in [0, 0.05) is 12.5 Å². The predicted octanol–water partition coefficient (Wildman–Crippen LogP) is 0.143. The Morgan fingerprint density at radius 3 is 3.14 bits per heavy atom. The average molecular weight is 188 g/mol. The van der Waals surface area contributed by atoms with Crippen molar-refractivity contribution in [1.82, 2.24) is 20.1 Å². The number of fused-ring (bicyclic) bond motifs is 1. The number of nitrogens with zero attached hydrogens (tertiary/aromatic N) is 3. The van der Waals surface area contributed by atoms with Crippen LogP contribution < -0.4 is 5.32 Å². The van der Waals surface area contributed by atoms with E-state index in [1.165, 1.54) is 12.8 Å². The number of aromatic nitrogens is 3. The van der Waals surface area contributed by atoms with Crippen LogP contribution in [-0.4, -0.2) is 21.3 Å². The molecule has 1 aliphatic heterocycles. The smallest absolute Gasteiger partial charge is 0.225 e. The molecule has 1 N–H and O–H groups in total. The van der Waals surface area contributed by atoms with Crippen molar-refractivity contribution in [2.75, 3.05) is 6.54 Å². The summed E-state index contributed by atoms with van der Waals surface area (Å²) >= 11 is 0. The molecule has 4 heteroatoms. The fraction of sp³-hybridized carbons (Fsp3) is 0.600. The lowest BCUT2D eigenvalue weighted by molar-refractivity contribution is 0.468. The summed E-state index contributed by atoms with van der Waals surface area (Å²) < 4.78 is 1.95. The first-order valence-corrected chi connectivity index (χ1v) is 5.08. The van der Waals surface area contributed by atoms with E-state index in [0.717, 1.165) is 25.5 Å². The van der Waals surface area contributed by atoms with Crippen molar-refractivity contribution in [2.24, 2.45) is 5.92 Å². The van der Waals surface area contributed by atoms with Gasteiger partial charge in [0.2, 0.25) is 5.82 Å². The molecule has 1 fully saturated rings. The molecule has 1 aromatic rings. The lowest BCUT2D eigenvalue weighted by Gasteiger charge is -2.11. The van der Waals surface area contributed by atoms with Crippen LogP contribution in [0.4, 0.5) is 0 Å². The lowest BCUT2D eigenvalue weighted by Crippen LogP contribution is -2.28. The van der Waals surface area contributed by atoms with Gasteiger partial charge in [-0.1, -0.05) is 5.92 Å². The zero-order valence-electron chi connectivity index (χ0n) is 7.95. The summed E-state index contributed by atoms with van der Waals surface area (Å²) in [4.78, 5) is 4.37. The normalized spacial score (nSPS) is 19.7. The summed E-state index contributed by atoms with van der Waals surface area (Å²) in [6.45, 7) is 2.71. The van der Waals surface area contributed by atoms with Crippen molar-refractivity contribution in [2.45, 2.75) is 25.9 Å². The van der Waals surface area contributed by atoms with E-state index in [0.29, 0.717) is 11.7 Å². The second-order valence-electron chi connectivity index (χ2n) is 3.80. The first kappa shape index (κ1) is 8.01. The Balaban J connectivity index is 1.85. The van der Waals surface area contributed by atoms with Crippen molar-refractivity contribution >= 4 is 0 Å². The van der Waals surface area contributed by atoms with Crippen LogP contribution >= 0.6 is 0 Å². The molecular weight excluding hydrogens is 176 g/mol. The molecule has 0 bridgehead atoms. The molecule has 4 nitrogen and oxygen atoms in total. The van der Waals surface area contributed by atoms with E-state index in [1.54, 1.807) is 0 Å². The third kappa shape index (κ3) is 1.51. The number of hydrogen-bond acceptors (Lipinski definition) is 3. The van der Waals surface area contributed by atoms with Gasteiger partial charge in [-0.3, -0.25) is 0 Å². The first-order chi connectivity index (χ1) is 6.92. The van der Waals surface area contributed by atoms with Gasteiger partial charge >= 0.3 is 0 Å². The van der Waals surface area contributed by atoms with E-state index in [-0.39, 0.29) is 0 Å². The highest BCUT2D eigenvalue weighted by Gasteiger charge is 2.18. The zero-order chi connectivity index (χ0) is 9.38. The fourth-order valence-electron chi connectivity index (χ4n) is 1.52. The van der Waals surface area contributed by atoms with Crippen LogP contribution in [0, 0.1) is 17.8 Å². The van der Waals surface area contributed by atoms with Gasteiger partial charge in [-0.25, -0.2) is 9.67 Å². The van der Waals surface area contributed by atoms with Crippen LogP contribution in [0.15, 0.2) is 0 Å². The molecule has 3 rings (SSSR count). The number of rotatable bonds is 0. The molecule has 1 aliphatic carbocycles. The molecule has 72 valence electrons. The molecule has 0 unspecified atom stereocenters. The van der Waals surface area contributed by atoms with Gasteiger partial charge in [0.05, 0.1) is 13.1 Å². The van der Waals surface area contributed by atoms with Crippen LogP contribution in [0.5, 0.6) is 0 Å². The third-order valence-corrected chi connectivity index (χ3v) is 2.50. The van der Waals surface area contributed by atoms with E-state index in [4.69, 9.17) is 0 Å². The minimum Gasteiger partial charge on any atom is -0.308 e. The van der Waals surface area contributed by atoms with Gasteiger partial charge in [-0.15, -0.1) is 5.10 Å². The highest BCUT2D eigenvalue weighted by molar-refractivity contribution is 5.23. The second kappa shape index (κ2) is 3.10. The van der Waals surface area contributed by atoms with Crippen molar-refractivity contribution in [3.63, 3.8) is 0 Å². The Kier molecular flexibility index (Phi) is 1.78. The maximum absolute atomic E-state index is 4.37. The molecule has 0 amide bonds. The van der Waals surface area contributed by atoms with Gasteiger partial charge < -0.3 is 5.32 Å². The van der Waals surface area contributed by atoms with Crippen molar-refractivity contribution < 1.29 is 0 Å². The Morgan fingerprint density at radius 2 is 2.36 bits per heavy atom. The summed E-state index contributed by atoms with van der Waals surface area (Å²) in [5, 5.41) is 7.60. The minimum absolute atomic E-state index is 0.619. The van der Waals surface area contributed by atoms with Gasteiger partial charge in [0.15, 0.2) is 0 Å². The van der Waals surface area contributed by atoms with E-state index in [2.05, 4.69) is 27.2 Å². The van der Waals surface area contributed by atoms with Crippen molar-refractivity contribution in [3.8, 4) is 11.8 Å². The van der Waals surface area contributed by atoms with E-state index < -0.39 is 0 Å². The molecule has 0 radical (unpaired) electrons. The maximum atomic E-state index is 4.37. The van der Waals surface area contributed by atoms with Crippen LogP contribution in [0.2, 0.25) is 0 Å².